The monoisotopic (exact) mass is 252 g/mol. The lowest BCUT2D eigenvalue weighted by atomic mass is 9.64. The lowest BCUT2D eigenvalue weighted by molar-refractivity contribution is -0.159. The van der Waals surface area contributed by atoms with Crippen LogP contribution in [-0.2, 0) is 9.53 Å². The lowest BCUT2D eigenvalue weighted by Gasteiger charge is -2.39. The maximum atomic E-state index is 11.9. The molecule has 0 spiro atoms. The lowest BCUT2D eigenvalue weighted by Crippen LogP contribution is -2.45. The number of carbonyl (C=O) groups is 1. The van der Waals surface area contributed by atoms with E-state index in [9.17, 15) is 9.90 Å². The largest absolute Gasteiger partial charge is 0.481 e. The SMILES string of the molecule is CC1(C)CC(C2(C(=O)O)CC3CC3C2)C(C)(C)O1. The Bertz CT molecular complexity index is 387. The molecule has 3 unspecified atom stereocenters. The predicted octanol–water partition coefficient (Wildman–Crippen LogP) is 3.08. The van der Waals surface area contributed by atoms with Gasteiger partial charge in [0.15, 0.2) is 0 Å². The van der Waals surface area contributed by atoms with Crippen molar-refractivity contribution in [3.63, 3.8) is 0 Å². The van der Waals surface area contributed by atoms with Crippen LogP contribution >= 0.6 is 0 Å². The van der Waals surface area contributed by atoms with Gasteiger partial charge in [-0.1, -0.05) is 0 Å². The van der Waals surface area contributed by atoms with E-state index in [0.29, 0.717) is 11.8 Å². The number of carboxylic acid groups (broad SMARTS) is 1. The second kappa shape index (κ2) is 3.30. The highest BCUT2D eigenvalue weighted by molar-refractivity contribution is 5.76. The third-order valence-corrected chi connectivity index (χ3v) is 5.49. The van der Waals surface area contributed by atoms with Crippen molar-refractivity contribution in [1.29, 1.82) is 0 Å². The zero-order valence-corrected chi connectivity index (χ0v) is 11.8. The molecule has 1 heterocycles. The van der Waals surface area contributed by atoms with E-state index in [1.165, 1.54) is 6.42 Å². The third kappa shape index (κ3) is 1.63. The minimum atomic E-state index is -0.589. The Balaban J connectivity index is 1.94. The van der Waals surface area contributed by atoms with E-state index in [2.05, 4.69) is 27.7 Å². The molecule has 3 heteroatoms. The normalized spacial score (nSPS) is 47.9. The Kier molecular flexibility index (Phi) is 2.28. The molecular formula is C15H24O3. The van der Waals surface area contributed by atoms with Crippen molar-refractivity contribution in [3.8, 4) is 0 Å². The zero-order chi connectivity index (χ0) is 13.3. The van der Waals surface area contributed by atoms with Gasteiger partial charge < -0.3 is 9.84 Å². The molecule has 0 aromatic rings. The fraction of sp³-hybridized carbons (Fsp3) is 0.933. The fourth-order valence-electron chi connectivity index (χ4n) is 4.86. The maximum absolute atomic E-state index is 11.9. The van der Waals surface area contributed by atoms with Gasteiger partial charge in [0, 0.05) is 5.92 Å². The number of hydrogen-bond acceptors (Lipinski definition) is 2. The van der Waals surface area contributed by atoms with Gasteiger partial charge >= 0.3 is 5.97 Å². The van der Waals surface area contributed by atoms with Gasteiger partial charge in [-0.05, 0) is 65.2 Å². The Morgan fingerprint density at radius 2 is 1.67 bits per heavy atom. The van der Waals surface area contributed by atoms with Crippen LogP contribution in [0.2, 0.25) is 0 Å². The summed E-state index contributed by atoms with van der Waals surface area (Å²) < 4.78 is 6.12. The molecule has 2 aliphatic carbocycles. The molecule has 3 rings (SSSR count). The van der Waals surface area contributed by atoms with Crippen molar-refractivity contribution < 1.29 is 14.6 Å². The average molecular weight is 252 g/mol. The van der Waals surface area contributed by atoms with Crippen LogP contribution in [0.4, 0.5) is 0 Å². The van der Waals surface area contributed by atoms with Crippen molar-refractivity contribution >= 4 is 5.97 Å². The summed E-state index contributed by atoms with van der Waals surface area (Å²) in [5.41, 5.74) is -1.03. The predicted molar refractivity (Wildman–Crippen MR) is 68.2 cm³/mol. The smallest absolute Gasteiger partial charge is 0.310 e. The van der Waals surface area contributed by atoms with Crippen molar-refractivity contribution in [1.82, 2.24) is 0 Å². The number of rotatable bonds is 2. The van der Waals surface area contributed by atoms with Gasteiger partial charge in [-0.25, -0.2) is 0 Å². The zero-order valence-electron chi connectivity index (χ0n) is 11.8. The van der Waals surface area contributed by atoms with Crippen LogP contribution in [0.15, 0.2) is 0 Å². The minimum Gasteiger partial charge on any atom is -0.481 e. The van der Waals surface area contributed by atoms with E-state index in [4.69, 9.17) is 4.74 Å². The van der Waals surface area contributed by atoms with Gasteiger partial charge in [-0.3, -0.25) is 4.79 Å². The molecule has 1 saturated heterocycles. The summed E-state index contributed by atoms with van der Waals surface area (Å²) in [7, 11) is 0. The fourth-order valence-corrected chi connectivity index (χ4v) is 4.86. The summed E-state index contributed by atoms with van der Waals surface area (Å²) in [4.78, 5) is 11.9. The number of ether oxygens (including phenoxy) is 1. The second-order valence-corrected chi connectivity index (χ2v) is 7.85. The molecule has 3 fully saturated rings. The first-order chi connectivity index (χ1) is 8.16. The Morgan fingerprint density at radius 3 is 2.06 bits per heavy atom. The van der Waals surface area contributed by atoms with E-state index < -0.39 is 11.4 Å². The molecule has 18 heavy (non-hydrogen) atoms. The van der Waals surface area contributed by atoms with Gasteiger partial charge in [0.05, 0.1) is 16.6 Å². The Morgan fingerprint density at radius 1 is 1.11 bits per heavy atom. The van der Waals surface area contributed by atoms with Crippen LogP contribution < -0.4 is 0 Å². The van der Waals surface area contributed by atoms with Crippen LogP contribution in [0.3, 0.4) is 0 Å². The number of aliphatic carboxylic acids is 1. The highest BCUT2D eigenvalue weighted by atomic mass is 16.5. The molecule has 0 radical (unpaired) electrons. The van der Waals surface area contributed by atoms with E-state index in [-0.39, 0.29) is 17.1 Å². The van der Waals surface area contributed by atoms with Crippen molar-refractivity contribution in [2.45, 2.75) is 64.6 Å². The van der Waals surface area contributed by atoms with E-state index in [1.54, 1.807) is 0 Å². The molecule has 0 aromatic heterocycles. The molecule has 0 bridgehead atoms. The summed E-state index contributed by atoms with van der Waals surface area (Å²) in [6, 6.07) is 0. The highest BCUT2D eigenvalue weighted by Gasteiger charge is 2.66. The summed E-state index contributed by atoms with van der Waals surface area (Å²) in [5.74, 6) is 0.917. The Labute approximate surface area is 109 Å². The van der Waals surface area contributed by atoms with Gasteiger partial charge in [0.1, 0.15) is 0 Å². The molecule has 1 N–H and O–H groups in total. The summed E-state index contributed by atoms with van der Waals surface area (Å²) in [6.45, 7) is 8.31. The number of carboxylic acids is 1. The van der Waals surface area contributed by atoms with E-state index in [1.807, 2.05) is 0 Å². The van der Waals surface area contributed by atoms with Crippen LogP contribution in [0.25, 0.3) is 0 Å². The first-order valence-electron chi connectivity index (χ1n) is 7.10. The van der Waals surface area contributed by atoms with Gasteiger partial charge in [0.25, 0.3) is 0 Å². The quantitative estimate of drug-likeness (QED) is 0.821. The first kappa shape index (κ1) is 12.5. The molecule has 3 nitrogen and oxygen atoms in total. The topological polar surface area (TPSA) is 46.5 Å². The minimum absolute atomic E-state index is 0.144. The summed E-state index contributed by atoms with van der Waals surface area (Å²) in [6.07, 6.45) is 3.87. The van der Waals surface area contributed by atoms with Crippen molar-refractivity contribution in [3.05, 3.63) is 0 Å². The second-order valence-electron chi connectivity index (χ2n) is 7.85. The number of hydrogen-bond donors (Lipinski definition) is 1. The van der Waals surface area contributed by atoms with Gasteiger partial charge in [-0.2, -0.15) is 0 Å². The number of fused-ring (bicyclic) bond motifs is 1. The standard InChI is InChI=1S/C15H24O3/c1-13(2)8-11(14(3,4)18-13)15(12(16)17)6-9-5-10(9)7-15/h9-11H,5-8H2,1-4H3,(H,16,17). The molecular weight excluding hydrogens is 228 g/mol. The van der Waals surface area contributed by atoms with Gasteiger partial charge in [-0.15, -0.1) is 0 Å². The molecule has 3 aliphatic rings. The maximum Gasteiger partial charge on any atom is 0.310 e. The molecule has 0 amide bonds. The molecule has 0 aromatic carbocycles. The summed E-state index contributed by atoms with van der Waals surface area (Å²) in [5, 5.41) is 9.81. The van der Waals surface area contributed by atoms with Gasteiger partial charge in [0.2, 0.25) is 0 Å². The van der Waals surface area contributed by atoms with Crippen molar-refractivity contribution in [2.75, 3.05) is 0 Å². The Hall–Kier alpha value is -0.570. The van der Waals surface area contributed by atoms with Crippen LogP contribution in [0.5, 0.6) is 0 Å². The first-order valence-corrected chi connectivity index (χ1v) is 7.10. The highest BCUT2D eigenvalue weighted by Crippen LogP contribution is 2.66. The van der Waals surface area contributed by atoms with E-state index in [0.717, 1.165) is 19.3 Å². The molecule has 2 saturated carbocycles. The van der Waals surface area contributed by atoms with Crippen LogP contribution in [0.1, 0.15) is 53.4 Å². The van der Waals surface area contributed by atoms with Crippen molar-refractivity contribution in [2.24, 2.45) is 23.2 Å². The molecule has 3 atom stereocenters. The molecule has 1 aliphatic heterocycles. The molecule has 102 valence electrons. The average Bonchev–Trinajstić information content (AvgIpc) is 2.72. The van der Waals surface area contributed by atoms with Crippen LogP contribution in [-0.4, -0.2) is 22.3 Å². The summed E-state index contributed by atoms with van der Waals surface area (Å²) >= 11 is 0. The third-order valence-electron chi connectivity index (χ3n) is 5.49. The van der Waals surface area contributed by atoms with Crippen LogP contribution in [0, 0.1) is 23.2 Å². The van der Waals surface area contributed by atoms with E-state index >= 15 is 0 Å².